The Balaban J connectivity index is 1.84. The molecule has 0 spiro atoms. The highest BCUT2D eigenvalue weighted by molar-refractivity contribution is 9.10. The van der Waals surface area contributed by atoms with Crippen LogP contribution >= 0.6 is 15.9 Å². The first kappa shape index (κ1) is 14.8. The summed E-state index contributed by atoms with van der Waals surface area (Å²) < 4.78 is 0.824. The van der Waals surface area contributed by atoms with Crippen molar-refractivity contribution in [2.45, 2.75) is 13.0 Å². The second-order valence-corrected chi connectivity index (χ2v) is 5.38. The van der Waals surface area contributed by atoms with Gasteiger partial charge < -0.3 is 10.4 Å². The standard InChI is InChI=1S/C16H16BrNO2/c17-15-10-13(16(19)20)6-7-14(15)11-18-9-8-12-4-2-1-3-5-12/h1-7,10,18H,8-9,11H2,(H,19,20). The maximum absolute atomic E-state index is 10.8. The molecule has 0 fully saturated rings. The van der Waals surface area contributed by atoms with Crippen molar-refractivity contribution in [1.82, 2.24) is 5.32 Å². The number of nitrogens with one attached hydrogen (secondary N) is 1. The SMILES string of the molecule is O=C(O)c1ccc(CNCCc2ccccc2)c(Br)c1. The van der Waals surface area contributed by atoms with E-state index in [4.69, 9.17) is 5.11 Å². The van der Waals surface area contributed by atoms with Gasteiger partial charge in [-0.05, 0) is 36.2 Å². The Morgan fingerprint density at radius 1 is 1.15 bits per heavy atom. The quantitative estimate of drug-likeness (QED) is 0.795. The fourth-order valence-electron chi connectivity index (χ4n) is 1.92. The van der Waals surface area contributed by atoms with Gasteiger partial charge in [-0.1, -0.05) is 52.3 Å². The Kier molecular flexibility index (Phi) is 5.32. The number of benzene rings is 2. The lowest BCUT2D eigenvalue weighted by Gasteiger charge is -2.08. The number of hydrogen-bond donors (Lipinski definition) is 2. The van der Waals surface area contributed by atoms with Crippen LogP contribution in [-0.2, 0) is 13.0 Å². The zero-order valence-corrected chi connectivity index (χ0v) is 12.6. The van der Waals surface area contributed by atoms with E-state index < -0.39 is 5.97 Å². The van der Waals surface area contributed by atoms with E-state index in [-0.39, 0.29) is 0 Å². The Labute approximate surface area is 126 Å². The van der Waals surface area contributed by atoms with Crippen molar-refractivity contribution >= 4 is 21.9 Å². The van der Waals surface area contributed by atoms with Crippen molar-refractivity contribution in [3.8, 4) is 0 Å². The minimum absolute atomic E-state index is 0.296. The molecule has 0 aliphatic carbocycles. The second kappa shape index (κ2) is 7.22. The van der Waals surface area contributed by atoms with Crippen molar-refractivity contribution < 1.29 is 9.90 Å². The molecule has 0 aliphatic rings. The van der Waals surface area contributed by atoms with Gasteiger partial charge in [0.15, 0.2) is 0 Å². The average molecular weight is 334 g/mol. The van der Waals surface area contributed by atoms with E-state index in [0.29, 0.717) is 12.1 Å². The molecule has 0 heterocycles. The number of carbonyl (C=O) groups is 1. The maximum atomic E-state index is 10.8. The van der Waals surface area contributed by atoms with Gasteiger partial charge in [-0.3, -0.25) is 0 Å². The predicted molar refractivity (Wildman–Crippen MR) is 83.0 cm³/mol. The van der Waals surface area contributed by atoms with E-state index in [1.807, 2.05) is 24.3 Å². The summed E-state index contributed by atoms with van der Waals surface area (Å²) in [7, 11) is 0. The molecule has 2 N–H and O–H groups in total. The minimum atomic E-state index is -0.908. The van der Waals surface area contributed by atoms with Gasteiger partial charge in [0.2, 0.25) is 0 Å². The first-order valence-electron chi connectivity index (χ1n) is 6.43. The number of aromatic carboxylic acids is 1. The molecular weight excluding hydrogens is 318 g/mol. The van der Waals surface area contributed by atoms with E-state index in [0.717, 1.165) is 23.0 Å². The Hall–Kier alpha value is -1.65. The van der Waals surface area contributed by atoms with Crippen LogP contribution in [-0.4, -0.2) is 17.6 Å². The van der Waals surface area contributed by atoms with Gasteiger partial charge in [0.05, 0.1) is 5.56 Å². The Morgan fingerprint density at radius 2 is 1.90 bits per heavy atom. The largest absolute Gasteiger partial charge is 0.478 e. The number of rotatable bonds is 6. The molecule has 2 aromatic carbocycles. The first-order valence-corrected chi connectivity index (χ1v) is 7.22. The molecule has 0 saturated carbocycles. The molecule has 2 aromatic rings. The molecule has 0 aliphatic heterocycles. The third kappa shape index (κ3) is 4.18. The molecule has 0 radical (unpaired) electrons. The summed E-state index contributed by atoms with van der Waals surface area (Å²) in [6.07, 6.45) is 0.978. The van der Waals surface area contributed by atoms with Gasteiger partial charge >= 0.3 is 5.97 Å². The van der Waals surface area contributed by atoms with Crippen LogP contribution in [0.15, 0.2) is 53.0 Å². The fourth-order valence-corrected chi connectivity index (χ4v) is 2.44. The topological polar surface area (TPSA) is 49.3 Å². The lowest BCUT2D eigenvalue weighted by molar-refractivity contribution is 0.0697. The second-order valence-electron chi connectivity index (χ2n) is 4.52. The van der Waals surface area contributed by atoms with Crippen molar-refractivity contribution in [1.29, 1.82) is 0 Å². The van der Waals surface area contributed by atoms with Crippen molar-refractivity contribution in [3.63, 3.8) is 0 Å². The molecule has 0 atom stereocenters. The average Bonchev–Trinajstić information content (AvgIpc) is 2.46. The molecule has 3 nitrogen and oxygen atoms in total. The van der Waals surface area contributed by atoms with Gasteiger partial charge in [0, 0.05) is 11.0 Å². The summed E-state index contributed by atoms with van der Waals surface area (Å²) in [6, 6.07) is 15.4. The Bertz CT molecular complexity index is 584. The molecular formula is C16H16BrNO2. The third-order valence-electron chi connectivity index (χ3n) is 3.05. The number of carboxylic acid groups (broad SMARTS) is 1. The van der Waals surface area contributed by atoms with Crippen LogP contribution in [0.1, 0.15) is 21.5 Å². The highest BCUT2D eigenvalue weighted by atomic mass is 79.9. The highest BCUT2D eigenvalue weighted by Crippen LogP contribution is 2.18. The van der Waals surface area contributed by atoms with Crippen LogP contribution in [0.2, 0.25) is 0 Å². The molecule has 2 rings (SSSR count). The summed E-state index contributed by atoms with van der Waals surface area (Å²) >= 11 is 3.41. The summed E-state index contributed by atoms with van der Waals surface area (Å²) in [5.41, 5.74) is 2.66. The molecule has 104 valence electrons. The molecule has 0 saturated heterocycles. The lowest BCUT2D eigenvalue weighted by Crippen LogP contribution is -2.17. The zero-order valence-electron chi connectivity index (χ0n) is 11.0. The highest BCUT2D eigenvalue weighted by Gasteiger charge is 2.06. The zero-order chi connectivity index (χ0) is 14.4. The van der Waals surface area contributed by atoms with E-state index in [1.54, 1.807) is 12.1 Å². The van der Waals surface area contributed by atoms with Crippen LogP contribution in [0.5, 0.6) is 0 Å². The van der Waals surface area contributed by atoms with Gasteiger partial charge in [0.25, 0.3) is 0 Å². The molecule has 0 bridgehead atoms. The van der Waals surface area contributed by atoms with E-state index in [9.17, 15) is 4.79 Å². The van der Waals surface area contributed by atoms with Crippen molar-refractivity contribution in [3.05, 3.63) is 69.7 Å². The molecule has 0 aromatic heterocycles. The normalized spacial score (nSPS) is 10.4. The van der Waals surface area contributed by atoms with E-state index >= 15 is 0 Å². The van der Waals surface area contributed by atoms with Crippen LogP contribution in [0, 0.1) is 0 Å². The van der Waals surface area contributed by atoms with Crippen molar-refractivity contribution in [2.24, 2.45) is 0 Å². The number of carboxylic acids is 1. The maximum Gasteiger partial charge on any atom is 0.335 e. The molecule has 4 heteroatoms. The van der Waals surface area contributed by atoms with E-state index in [1.165, 1.54) is 5.56 Å². The number of hydrogen-bond acceptors (Lipinski definition) is 2. The third-order valence-corrected chi connectivity index (χ3v) is 3.79. The van der Waals surface area contributed by atoms with Crippen LogP contribution in [0.25, 0.3) is 0 Å². The first-order chi connectivity index (χ1) is 9.66. The minimum Gasteiger partial charge on any atom is -0.478 e. The molecule has 20 heavy (non-hydrogen) atoms. The van der Waals surface area contributed by atoms with Gasteiger partial charge in [0.1, 0.15) is 0 Å². The fraction of sp³-hybridized carbons (Fsp3) is 0.188. The van der Waals surface area contributed by atoms with E-state index in [2.05, 4.69) is 33.4 Å². The summed E-state index contributed by atoms with van der Waals surface area (Å²) in [5, 5.41) is 12.3. The van der Waals surface area contributed by atoms with Crippen molar-refractivity contribution in [2.75, 3.05) is 6.54 Å². The van der Waals surface area contributed by atoms with Crippen LogP contribution < -0.4 is 5.32 Å². The van der Waals surface area contributed by atoms with Gasteiger partial charge in [-0.25, -0.2) is 4.79 Å². The smallest absolute Gasteiger partial charge is 0.335 e. The summed E-state index contributed by atoms with van der Waals surface area (Å²) in [5.74, 6) is -0.908. The van der Waals surface area contributed by atoms with Gasteiger partial charge in [-0.2, -0.15) is 0 Å². The summed E-state index contributed by atoms with van der Waals surface area (Å²) in [6.45, 7) is 1.60. The molecule has 0 unspecified atom stereocenters. The number of halogens is 1. The molecule has 0 amide bonds. The Morgan fingerprint density at radius 3 is 2.55 bits per heavy atom. The predicted octanol–water partition coefficient (Wildman–Crippen LogP) is 3.48. The van der Waals surface area contributed by atoms with Gasteiger partial charge in [-0.15, -0.1) is 0 Å². The van der Waals surface area contributed by atoms with Crippen LogP contribution in [0.3, 0.4) is 0 Å². The van der Waals surface area contributed by atoms with Crippen LogP contribution in [0.4, 0.5) is 0 Å². The lowest BCUT2D eigenvalue weighted by atomic mass is 10.1. The summed E-state index contributed by atoms with van der Waals surface area (Å²) in [4.78, 5) is 10.8. The monoisotopic (exact) mass is 333 g/mol.